The summed E-state index contributed by atoms with van der Waals surface area (Å²) >= 11 is 0. The zero-order valence-electron chi connectivity index (χ0n) is 10.5. The normalized spacial score (nSPS) is 24.2. The smallest absolute Gasteiger partial charge is 0.408 e. The molecule has 0 aromatic rings. The average molecular weight is 287 g/mol. The van der Waals surface area contributed by atoms with Crippen LogP contribution < -0.4 is 0 Å². The highest BCUT2D eigenvalue weighted by Gasteiger charge is 2.45. The second-order valence-corrected chi connectivity index (χ2v) is 4.17. The molecule has 0 spiro atoms. The van der Waals surface area contributed by atoms with Gasteiger partial charge in [-0.15, -0.1) is 0 Å². The van der Waals surface area contributed by atoms with Crippen molar-refractivity contribution in [2.75, 3.05) is 13.7 Å². The summed E-state index contributed by atoms with van der Waals surface area (Å²) in [5.41, 5.74) is 0.184. The van der Waals surface area contributed by atoms with Crippen LogP contribution in [0.25, 0.3) is 0 Å². The molecule has 110 valence electrons. The molecule has 0 bridgehead atoms. The molecule has 9 heteroatoms. The zero-order chi connectivity index (χ0) is 15.4. The van der Waals surface area contributed by atoms with Crippen LogP contribution in [0.5, 0.6) is 0 Å². The van der Waals surface area contributed by atoms with E-state index in [1.165, 1.54) is 0 Å². The molecule has 1 aliphatic rings. The quantitative estimate of drug-likeness (QED) is 0.471. The maximum atomic E-state index is 11.1. The molecule has 1 amide bonds. The molecule has 0 saturated carbocycles. The van der Waals surface area contributed by atoms with Crippen molar-refractivity contribution in [3.05, 3.63) is 11.6 Å². The predicted octanol–water partition coefficient (Wildman–Crippen LogP) is -0.376. The molecule has 1 rings (SSSR count). The van der Waals surface area contributed by atoms with E-state index in [1.54, 1.807) is 0 Å². The van der Waals surface area contributed by atoms with Crippen LogP contribution in [0.3, 0.4) is 0 Å². The lowest BCUT2D eigenvalue weighted by Gasteiger charge is -2.36. The summed E-state index contributed by atoms with van der Waals surface area (Å²) in [5, 5.41) is 27.0. The molecule has 20 heavy (non-hydrogen) atoms. The minimum Gasteiger partial charge on any atom is -0.481 e. The first-order valence-electron chi connectivity index (χ1n) is 5.50. The largest absolute Gasteiger partial charge is 0.481 e. The number of esters is 1. The van der Waals surface area contributed by atoms with E-state index >= 15 is 0 Å². The molecule has 1 heterocycles. The van der Waals surface area contributed by atoms with Crippen molar-refractivity contribution >= 4 is 24.0 Å². The summed E-state index contributed by atoms with van der Waals surface area (Å²) in [5.74, 6) is -5.22. The molecule has 3 N–H and O–H groups in total. The van der Waals surface area contributed by atoms with E-state index in [0.717, 1.165) is 13.2 Å². The molecular formula is C11H13NO8. The maximum Gasteiger partial charge on any atom is 0.408 e. The summed E-state index contributed by atoms with van der Waals surface area (Å²) < 4.78 is 4.37. The Labute approximate surface area is 113 Å². The highest BCUT2D eigenvalue weighted by atomic mass is 16.5. The molecule has 1 fully saturated rings. The van der Waals surface area contributed by atoms with Gasteiger partial charge in [0, 0.05) is 12.6 Å². The van der Waals surface area contributed by atoms with E-state index in [9.17, 15) is 19.2 Å². The molecule has 2 atom stereocenters. The lowest BCUT2D eigenvalue weighted by atomic mass is 9.86. The van der Waals surface area contributed by atoms with Crippen LogP contribution in [0.15, 0.2) is 11.6 Å². The SMILES string of the molecule is COC(=O)C=C1C[C@H](C(=O)O)[C@@H](C(=O)O)N(C(=O)O)C1. The Bertz CT molecular complexity index is 457. The van der Waals surface area contributed by atoms with Gasteiger partial charge in [-0.1, -0.05) is 0 Å². The number of hydrogen-bond acceptors (Lipinski definition) is 5. The fourth-order valence-corrected chi connectivity index (χ4v) is 2.04. The monoisotopic (exact) mass is 287 g/mol. The van der Waals surface area contributed by atoms with Gasteiger partial charge in [0.2, 0.25) is 0 Å². The number of aliphatic carboxylic acids is 2. The second-order valence-electron chi connectivity index (χ2n) is 4.17. The Morgan fingerprint density at radius 2 is 1.80 bits per heavy atom. The number of carboxylic acid groups (broad SMARTS) is 3. The van der Waals surface area contributed by atoms with Crippen LogP contribution in [0, 0.1) is 5.92 Å². The maximum absolute atomic E-state index is 11.1. The molecule has 0 unspecified atom stereocenters. The summed E-state index contributed by atoms with van der Waals surface area (Å²) in [7, 11) is 1.12. The molecule has 1 saturated heterocycles. The average Bonchev–Trinajstić information content (AvgIpc) is 2.36. The van der Waals surface area contributed by atoms with Crippen molar-refractivity contribution in [1.29, 1.82) is 0 Å². The van der Waals surface area contributed by atoms with Crippen molar-refractivity contribution in [3.8, 4) is 0 Å². The number of carbonyl (C=O) groups is 4. The van der Waals surface area contributed by atoms with Crippen LogP contribution in [0.4, 0.5) is 4.79 Å². The van der Waals surface area contributed by atoms with Crippen LogP contribution in [-0.4, -0.2) is 63.9 Å². The number of carboxylic acids is 2. The van der Waals surface area contributed by atoms with E-state index in [4.69, 9.17) is 15.3 Å². The lowest BCUT2D eigenvalue weighted by Crippen LogP contribution is -2.55. The van der Waals surface area contributed by atoms with Gasteiger partial charge < -0.3 is 20.1 Å². The first kappa shape index (κ1) is 15.5. The Hall–Kier alpha value is -2.58. The van der Waals surface area contributed by atoms with Gasteiger partial charge in [-0.05, 0) is 12.0 Å². The predicted molar refractivity (Wildman–Crippen MR) is 62.0 cm³/mol. The number of ether oxygens (including phenoxy) is 1. The molecular weight excluding hydrogens is 274 g/mol. The fourth-order valence-electron chi connectivity index (χ4n) is 2.04. The number of rotatable bonds is 3. The third kappa shape index (κ3) is 3.25. The number of methoxy groups -OCH3 is 1. The van der Waals surface area contributed by atoms with Crippen molar-refractivity contribution in [3.63, 3.8) is 0 Å². The van der Waals surface area contributed by atoms with Crippen molar-refractivity contribution in [2.45, 2.75) is 12.5 Å². The first-order chi connectivity index (χ1) is 9.27. The highest BCUT2D eigenvalue weighted by Crippen LogP contribution is 2.28. The van der Waals surface area contributed by atoms with E-state index in [1.807, 2.05) is 0 Å². The number of hydrogen-bond donors (Lipinski definition) is 3. The Morgan fingerprint density at radius 3 is 2.20 bits per heavy atom. The van der Waals surface area contributed by atoms with Crippen LogP contribution >= 0.6 is 0 Å². The van der Waals surface area contributed by atoms with Gasteiger partial charge >= 0.3 is 24.0 Å². The van der Waals surface area contributed by atoms with Gasteiger partial charge in [-0.25, -0.2) is 14.4 Å². The molecule has 0 aromatic carbocycles. The van der Waals surface area contributed by atoms with Gasteiger partial charge in [0.05, 0.1) is 13.0 Å². The summed E-state index contributed by atoms with van der Waals surface area (Å²) in [4.78, 5) is 44.9. The first-order valence-corrected chi connectivity index (χ1v) is 5.50. The molecule has 0 radical (unpaired) electrons. The van der Waals surface area contributed by atoms with E-state index in [-0.39, 0.29) is 18.5 Å². The molecule has 0 aliphatic carbocycles. The van der Waals surface area contributed by atoms with Gasteiger partial charge in [-0.3, -0.25) is 9.69 Å². The van der Waals surface area contributed by atoms with Gasteiger partial charge in [0.25, 0.3) is 0 Å². The highest BCUT2D eigenvalue weighted by molar-refractivity contribution is 5.88. The fraction of sp³-hybridized carbons (Fsp3) is 0.455. The molecule has 9 nitrogen and oxygen atoms in total. The number of nitrogens with zero attached hydrogens (tertiary/aromatic N) is 1. The Balaban J connectivity index is 3.16. The van der Waals surface area contributed by atoms with Crippen LogP contribution in [-0.2, 0) is 19.1 Å². The molecule has 1 aliphatic heterocycles. The van der Waals surface area contributed by atoms with Crippen LogP contribution in [0.2, 0.25) is 0 Å². The topological polar surface area (TPSA) is 141 Å². The Kier molecular flexibility index (Phi) is 4.68. The zero-order valence-corrected chi connectivity index (χ0v) is 10.5. The summed E-state index contributed by atoms with van der Waals surface area (Å²) in [6, 6.07) is -1.69. The summed E-state index contributed by atoms with van der Waals surface area (Å²) in [6.45, 7) is -0.356. The van der Waals surface area contributed by atoms with Gasteiger partial charge in [0.1, 0.15) is 6.04 Å². The van der Waals surface area contributed by atoms with Crippen LogP contribution in [0.1, 0.15) is 6.42 Å². The van der Waals surface area contributed by atoms with Crippen molar-refractivity contribution in [1.82, 2.24) is 4.90 Å². The van der Waals surface area contributed by atoms with Crippen molar-refractivity contribution < 1.29 is 39.2 Å². The van der Waals surface area contributed by atoms with Gasteiger partial charge in [0.15, 0.2) is 0 Å². The lowest BCUT2D eigenvalue weighted by molar-refractivity contribution is -0.155. The second kappa shape index (κ2) is 6.04. The summed E-state index contributed by atoms with van der Waals surface area (Å²) in [6.07, 6.45) is -0.825. The minimum atomic E-state index is -1.69. The molecule has 0 aromatic heterocycles. The Morgan fingerprint density at radius 1 is 1.20 bits per heavy atom. The third-order valence-electron chi connectivity index (χ3n) is 2.91. The standard InChI is InChI=1S/C11H13NO8/c1-20-7(13)3-5-2-6(9(14)15)8(10(16)17)12(4-5)11(18)19/h3,6,8H,2,4H2,1H3,(H,14,15)(H,16,17)(H,18,19)/t6-,8-/m0/s1. The van der Waals surface area contributed by atoms with E-state index in [2.05, 4.69) is 4.74 Å². The van der Waals surface area contributed by atoms with Crippen molar-refractivity contribution in [2.24, 2.45) is 5.92 Å². The number of piperidine rings is 1. The third-order valence-corrected chi connectivity index (χ3v) is 2.91. The number of likely N-dealkylation sites (tertiary alicyclic amines) is 1. The number of carbonyl (C=O) groups excluding carboxylic acids is 1. The minimum absolute atomic E-state index is 0.184. The van der Waals surface area contributed by atoms with E-state index in [0.29, 0.717) is 4.90 Å². The number of amides is 1. The van der Waals surface area contributed by atoms with E-state index < -0.39 is 36.0 Å². The van der Waals surface area contributed by atoms with Gasteiger partial charge in [-0.2, -0.15) is 0 Å².